The van der Waals surface area contributed by atoms with Crippen LogP contribution in [0.1, 0.15) is 42.1 Å². The molecule has 1 atom stereocenters. The number of hydrogen-bond donors (Lipinski definition) is 2. The molecule has 0 bridgehead atoms. The van der Waals surface area contributed by atoms with E-state index in [0.29, 0.717) is 35.8 Å². The van der Waals surface area contributed by atoms with Crippen molar-refractivity contribution in [3.05, 3.63) is 64.7 Å². The summed E-state index contributed by atoms with van der Waals surface area (Å²) in [6.45, 7) is 2.64. The number of hydrogen-bond acceptors (Lipinski definition) is 3. The Kier molecular flexibility index (Phi) is 6.88. The molecule has 2 N–H and O–H groups in total. The van der Waals surface area contributed by atoms with Crippen LogP contribution in [0.25, 0.3) is 0 Å². The Morgan fingerprint density at radius 2 is 1.76 bits per heavy atom. The number of nitrogens with zero attached hydrogens (tertiary/aromatic N) is 1. The van der Waals surface area contributed by atoms with Crippen LogP contribution in [-0.2, 0) is 11.3 Å². The van der Waals surface area contributed by atoms with Gasteiger partial charge in [0.2, 0.25) is 5.91 Å². The SMILES string of the molecule is CC(=O)c1ccc(NC(=O)NC2CCCCN(Cc3ccc(Cl)cc3)C2=O)cc1. The zero-order valence-corrected chi connectivity index (χ0v) is 17.0. The molecule has 1 unspecified atom stereocenters. The lowest BCUT2D eigenvalue weighted by atomic mass is 10.1. The van der Waals surface area contributed by atoms with E-state index in [1.165, 1.54) is 6.92 Å². The van der Waals surface area contributed by atoms with Gasteiger partial charge in [-0.25, -0.2) is 4.79 Å². The highest BCUT2D eigenvalue weighted by Crippen LogP contribution is 2.17. The third-order valence-corrected chi connectivity index (χ3v) is 5.17. The standard InChI is InChI=1S/C22H24ClN3O3/c1-15(27)17-7-11-19(12-8-17)24-22(29)25-20-4-2-3-13-26(21(20)28)14-16-5-9-18(23)10-6-16/h5-12,20H,2-4,13-14H2,1H3,(H2,24,25,29). The fourth-order valence-corrected chi connectivity index (χ4v) is 3.45. The summed E-state index contributed by atoms with van der Waals surface area (Å²) in [5.41, 5.74) is 2.14. The van der Waals surface area contributed by atoms with Crippen molar-refractivity contribution in [2.45, 2.75) is 38.8 Å². The molecule has 1 saturated heterocycles. The molecule has 7 heteroatoms. The van der Waals surface area contributed by atoms with Crippen LogP contribution >= 0.6 is 11.6 Å². The van der Waals surface area contributed by atoms with Crippen molar-refractivity contribution in [3.63, 3.8) is 0 Å². The molecule has 6 nitrogen and oxygen atoms in total. The van der Waals surface area contributed by atoms with Crippen LogP contribution in [0.5, 0.6) is 0 Å². The van der Waals surface area contributed by atoms with Gasteiger partial charge in [-0.3, -0.25) is 9.59 Å². The number of rotatable bonds is 5. The van der Waals surface area contributed by atoms with Gasteiger partial charge in [-0.05, 0) is 68.1 Å². The normalized spacial score (nSPS) is 16.8. The maximum atomic E-state index is 12.9. The molecule has 3 rings (SSSR count). The van der Waals surface area contributed by atoms with E-state index < -0.39 is 12.1 Å². The van der Waals surface area contributed by atoms with Crippen LogP contribution in [0.2, 0.25) is 5.02 Å². The fraction of sp³-hybridized carbons (Fsp3) is 0.318. The number of nitrogens with one attached hydrogen (secondary N) is 2. The highest BCUT2D eigenvalue weighted by Gasteiger charge is 2.28. The van der Waals surface area contributed by atoms with Gasteiger partial charge in [0, 0.05) is 29.4 Å². The summed E-state index contributed by atoms with van der Waals surface area (Å²) in [6, 6.07) is 13.1. The topological polar surface area (TPSA) is 78.5 Å². The molecule has 0 radical (unpaired) electrons. The van der Waals surface area contributed by atoms with E-state index in [9.17, 15) is 14.4 Å². The summed E-state index contributed by atoms with van der Waals surface area (Å²) in [6.07, 6.45) is 2.36. The number of ketones is 1. The van der Waals surface area contributed by atoms with Gasteiger partial charge in [-0.2, -0.15) is 0 Å². The summed E-state index contributed by atoms with van der Waals surface area (Å²) < 4.78 is 0. The lowest BCUT2D eigenvalue weighted by Crippen LogP contribution is -2.48. The summed E-state index contributed by atoms with van der Waals surface area (Å²) in [4.78, 5) is 38.5. The average molecular weight is 414 g/mol. The highest BCUT2D eigenvalue weighted by molar-refractivity contribution is 6.30. The van der Waals surface area contributed by atoms with Gasteiger partial charge in [0.15, 0.2) is 5.78 Å². The van der Waals surface area contributed by atoms with Gasteiger partial charge in [-0.1, -0.05) is 23.7 Å². The van der Waals surface area contributed by atoms with E-state index in [2.05, 4.69) is 10.6 Å². The predicted molar refractivity (Wildman–Crippen MR) is 113 cm³/mol. The van der Waals surface area contributed by atoms with Crippen molar-refractivity contribution in [2.75, 3.05) is 11.9 Å². The fourth-order valence-electron chi connectivity index (χ4n) is 3.32. The lowest BCUT2D eigenvalue weighted by molar-refractivity contribution is -0.133. The first kappa shape index (κ1) is 20.9. The van der Waals surface area contributed by atoms with Gasteiger partial charge in [0.1, 0.15) is 6.04 Å². The molecule has 29 heavy (non-hydrogen) atoms. The molecule has 0 aliphatic carbocycles. The number of benzene rings is 2. The van der Waals surface area contributed by atoms with E-state index in [4.69, 9.17) is 11.6 Å². The monoisotopic (exact) mass is 413 g/mol. The van der Waals surface area contributed by atoms with E-state index in [1.54, 1.807) is 41.3 Å². The Balaban J connectivity index is 1.60. The van der Waals surface area contributed by atoms with E-state index in [-0.39, 0.29) is 11.7 Å². The van der Waals surface area contributed by atoms with Crippen LogP contribution in [0.3, 0.4) is 0 Å². The van der Waals surface area contributed by atoms with Crippen molar-refractivity contribution in [2.24, 2.45) is 0 Å². The number of amides is 3. The first-order valence-electron chi connectivity index (χ1n) is 9.64. The number of carbonyl (C=O) groups excluding carboxylic acids is 3. The number of Topliss-reactive ketones (excluding diaryl/α,β-unsaturated/α-hetero) is 1. The van der Waals surface area contributed by atoms with Crippen molar-refractivity contribution < 1.29 is 14.4 Å². The minimum Gasteiger partial charge on any atom is -0.337 e. The average Bonchev–Trinajstić information content (AvgIpc) is 2.86. The largest absolute Gasteiger partial charge is 0.337 e. The second-order valence-electron chi connectivity index (χ2n) is 7.17. The highest BCUT2D eigenvalue weighted by atomic mass is 35.5. The van der Waals surface area contributed by atoms with Crippen molar-refractivity contribution in [1.82, 2.24) is 10.2 Å². The van der Waals surface area contributed by atoms with Crippen LogP contribution in [0.15, 0.2) is 48.5 Å². The Labute approximate surface area is 175 Å². The molecule has 1 heterocycles. The first-order valence-corrected chi connectivity index (χ1v) is 10.0. The van der Waals surface area contributed by atoms with Crippen molar-refractivity contribution in [1.29, 1.82) is 0 Å². The Morgan fingerprint density at radius 1 is 1.07 bits per heavy atom. The second-order valence-corrected chi connectivity index (χ2v) is 7.60. The van der Waals surface area contributed by atoms with Gasteiger partial charge >= 0.3 is 6.03 Å². The second kappa shape index (κ2) is 9.56. The van der Waals surface area contributed by atoms with Gasteiger partial charge in [0.25, 0.3) is 0 Å². The quantitative estimate of drug-likeness (QED) is 0.719. The third kappa shape index (κ3) is 5.81. The summed E-state index contributed by atoms with van der Waals surface area (Å²) in [5.74, 6) is -0.120. The number of halogens is 1. The molecule has 2 aromatic rings. The van der Waals surface area contributed by atoms with E-state index in [0.717, 1.165) is 18.4 Å². The van der Waals surface area contributed by atoms with Crippen molar-refractivity contribution in [3.8, 4) is 0 Å². The van der Waals surface area contributed by atoms with Crippen LogP contribution in [-0.4, -0.2) is 35.2 Å². The summed E-state index contributed by atoms with van der Waals surface area (Å²) >= 11 is 5.93. The van der Waals surface area contributed by atoms with Crippen LogP contribution in [0, 0.1) is 0 Å². The zero-order chi connectivity index (χ0) is 20.8. The third-order valence-electron chi connectivity index (χ3n) is 4.92. The first-order chi connectivity index (χ1) is 13.9. The van der Waals surface area contributed by atoms with Crippen LogP contribution < -0.4 is 10.6 Å². The Bertz CT molecular complexity index is 881. The van der Waals surface area contributed by atoms with Gasteiger partial charge in [-0.15, -0.1) is 0 Å². The number of likely N-dealkylation sites (tertiary alicyclic amines) is 1. The molecule has 0 saturated carbocycles. The maximum Gasteiger partial charge on any atom is 0.319 e. The van der Waals surface area contributed by atoms with Gasteiger partial charge < -0.3 is 15.5 Å². The number of anilines is 1. The molecule has 1 aliphatic rings. The smallest absolute Gasteiger partial charge is 0.319 e. The lowest BCUT2D eigenvalue weighted by Gasteiger charge is -2.25. The molecule has 1 fully saturated rings. The Hall–Kier alpha value is -2.86. The molecule has 3 amide bonds. The minimum absolute atomic E-state index is 0.0363. The van der Waals surface area contributed by atoms with E-state index in [1.807, 2.05) is 12.1 Å². The van der Waals surface area contributed by atoms with Crippen molar-refractivity contribution >= 4 is 35.0 Å². The van der Waals surface area contributed by atoms with Crippen LogP contribution in [0.4, 0.5) is 10.5 Å². The summed E-state index contributed by atoms with van der Waals surface area (Å²) in [5, 5.41) is 6.17. The maximum absolute atomic E-state index is 12.9. The minimum atomic E-state index is -0.568. The predicted octanol–water partition coefficient (Wildman–Crippen LogP) is 4.25. The molecule has 1 aliphatic heterocycles. The molecule has 0 aromatic heterocycles. The summed E-state index contributed by atoms with van der Waals surface area (Å²) in [7, 11) is 0. The molecule has 2 aromatic carbocycles. The van der Waals surface area contributed by atoms with E-state index >= 15 is 0 Å². The molecular formula is C22H24ClN3O3. The molecule has 0 spiro atoms. The molecular weight excluding hydrogens is 390 g/mol. The van der Waals surface area contributed by atoms with Gasteiger partial charge in [0.05, 0.1) is 0 Å². The zero-order valence-electron chi connectivity index (χ0n) is 16.3. The Morgan fingerprint density at radius 3 is 2.41 bits per heavy atom. The molecule has 152 valence electrons. The number of carbonyl (C=O) groups is 3. The number of urea groups is 1.